The van der Waals surface area contributed by atoms with Crippen LogP contribution >= 0.6 is 0 Å². The third kappa shape index (κ3) is 5.45. The predicted molar refractivity (Wildman–Crippen MR) is 117 cm³/mol. The number of sulfone groups is 1. The molecule has 0 bridgehead atoms. The summed E-state index contributed by atoms with van der Waals surface area (Å²) in [5.41, 5.74) is 6.66. The monoisotopic (exact) mass is 444 g/mol. The molecule has 1 aliphatic rings. The van der Waals surface area contributed by atoms with E-state index in [1.54, 1.807) is 12.1 Å². The molecule has 1 saturated heterocycles. The molecule has 2 aromatic rings. The lowest BCUT2D eigenvalue weighted by molar-refractivity contribution is 0.0993. The lowest BCUT2D eigenvalue weighted by Gasteiger charge is -2.36. The van der Waals surface area contributed by atoms with E-state index in [1.807, 2.05) is 4.90 Å². The van der Waals surface area contributed by atoms with E-state index >= 15 is 0 Å². The van der Waals surface area contributed by atoms with Crippen molar-refractivity contribution < 1.29 is 22.4 Å². The largest absolute Gasteiger partial charge is 0.366 e. The number of benzene rings is 2. The van der Waals surface area contributed by atoms with Crippen LogP contribution in [0, 0.1) is 5.82 Å². The molecule has 0 saturated carbocycles. The van der Waals surface area contributed by atoms with Gasteiger partial charge in [0.25, 0.3) is 0 Å². The highest BCUT2D eigenvalue weighted by atomic mass is 32.2. The number of likely N-dealkylation sites (tertiary alicyclic amines) is 1. The van der Waals surface area contributed by atoms with Crippen LogP contribution in [0.4, 0.5) is 4.39 Å². The van der Waals surface area contributed by atoms with Crippen molar-refractivity contribution in [3.8, 4) is 0 Å². The summed E-state index contributed by atoms with van der Waals surface area (Å²) in [4.78, 5) is 25.5. The van der Waals surface area contributed by atoms with Gasteiger partial charge in [-0.25, -0.2) is 12.8 Å². The van der Waals surface area contributed by atoms with Gasteiger partial charge in [0.05, 0.1) is 0 Å². The molecule has 8 heteroatoms. The van der Waals surface area contributed by atoms with Crippen molar-refractivity contribution in [3.05, 3.63) is 83.7 Å². The van der Waals surface area contributed by atoms with Crippen LogP contribution in [0.2, 0.25) is 0 Å². The summed E-state index contributed by atoms with van der Waals surface area (Å²) in [6, 6.07) is 12.0. The maximum atomic E-state index is 13.1. The number of nitrogens with two attached hydrogens (primary N) is 1. The van der Waals surface area contributed by atoms with Gasteiger partial charge in [0.2, 0.25) is 5.91 Å². The molecule has 1 amide bonds. The highest BCUT2D eigenvalue weighted by molar-refractivity contribution is 7.92. The average molecular weight is 445 g/mol. The number of Topliss-reactive ketones (excluding diaryl/α,β-unsaturated/α-hetero) is 1. The molecule has 164 valence electrons. The Morgan fingerprint density at radius 3 is 2.13 bits per heavy atom. The van der Waals surface area contributed by atoms with Crippen LogP contribution in [0.1, 0.15) is 45.0 Å². The van der Waals surface area contributed by atoms with Crippen molar-refractivity contribution in [2.45, 2.75) is 24.1 Å². The van der Waals surface area contributed by atoms with E-state index in [0.29, 0.717) is 13.1 Å². The minimum Gasteiger partial charge on any atom is -0.366 e. The Hall–Kier alpha value is -2.84. The molecule has 2 aromatic carbocycles. The zero-order valence-electron chi connectivity index (χ0n) is 17.0. The molecule has 1 aliphatic heterocycles. The maximum Gasteiger partial charge on any atom is 0.248 e. The van der Waals surface area contributed by atoms with Crippen molar-refractivity contribution in [1.29, 1.82) is 0 Å². The normalized spacial score (nSPS) is 16.5. The van der Waals surface area contributed by atoms with E-state index in [9.17, 15) is 22.4 Å². The molecule has 0 spiro atoms. The molecule has 31 heavy (non-hydrogen) atoms. The second-order valence-corrected chi connectivity index (χ2v) is 9.76. The smallest absolute Gasteiger partial charge is 0.248 e. The molecule has 0 aliphatic carbocycles. The summed E-state index contributed by atoms with van der Waals surface area (Å²) in [5.74, 6) is -1.88. The molecule has 2 N–H and O–H groups in total. The van der Waals surface area contributed by atoms with Crippen LogP contribution in [0.3, 0.4) is 0 Å². The second kappa shape index (κ2) is 9.53. The molecule has 1 fully saturated rings. The standard InChI is InChI=1S/C23H25FN2O4S/c1-2-22(26-13-11-17(12-14-26)16-7-9-20(24)10-8-16)31(29,30)15-21(27)18-3-5-19(6-4-18)23(25)28/h2-10,17,22H,1,11-15H2,(H2,25,28). The average Bonchev–Trinajstić information content (AvgIpc) is 2.75. The summed E-state index contributed by atoms with van der Waals surface area (Å²) in [6.45, 7) is 4.73. The molecule has 1 unspecified atom stereocenters. The van der Waals surface area contributed by atoms with Crippen LogP contribution in [0.5, 0.6) is 0 Å². The number of nitrogens with zero attached hydrogens (tertiary/aromatic N) is 1. The molecule has 1 heterocycles. The Morgan fingerprint density at radius 2 is 1.61 bits per heavy atom. The fourth-order valence-corrected chi connectivity index (χ4v) is 5.58. The number of hydrogen-bond acceptors (Lipinski definition) is 5. The molecule has 0 aromatic heterocycles. The van der Waals surface area contributed by atoms with Crippen LogP contribution in [-0.2, 0) is 9.84 Å². The number of rotatable bonds is 8. The fraction of sp³-hybridized carbons (Fsp3) is 0.304. The number of piperidine rings is 1. The highest BCUT2D eigenvalue weighted by Gasteiger charge is 2.33. The zero-order chi connectivity index (χ0) is 22.6. The van der Waals surface area contributed by atoms with Gasteiger partial charge in [0, 0.05) is 24.2 Å². The fourth-order valence-electron chi connectivity index (χ4n) is 3.92. The van der Waals surface area contributed by atoms with E-state index < -0.39 is 32.7 Å². The van der Waals surface area contributed by atoms with Gasteiger partial charge in [-0.3, -0.25) is 14.5 Å². The van der Waals surface area contributed by atoms with Gasteiger partial charge in [0.1, 0.15) is 16.9 Å². The number of hydrogen-bond donors (Lipinski definition) is 1. The van der Waals surface area contributed by atoms with Crippen molar-refractivity contribution >= 4 is 21.5 Å². The molecular weight excluding hydrogens is 419 g/mol. The molecule has 0 radical (unpaired) electrons. The minimum absolute atomic E-state index is 0.200. The Morgan fingerprint density at radius 1 is 1.06 bits per heavy atom. The van der Waals surface area contributed by atoms with Gasteiger partial charge in [-0.2, -0.15) is 0 Å². The summed E-state index contributed by atoms with van der Waals surface area (Å²) >= 11 is 0. The highest BCUT2D eigenvalue weighted by Crippen LogP contribution is 2.30. The first-order valence-corrected chi connectivity index (χ1v) is 11.7. The van der Waals surface area contributed by atoms with Crippen LogP contribution in [0.15, 0.2) is 61.2 Å². The summed E-state index contributed by atoms with van der Waals surface area (Å²) < 4.78 is 39.1. The Bertz CT molecular complexity index is 1060. The second-order valence-electron chi connectivity index (χ2n) is 7.66. The number of primary amides is 1. The van der Waals surface area contributed by atoms with Gasteiger partial charge in [-0.05, 0) is 48.6 Å². The van der Waals surface area contributed by atoms with E-state index in [4.69, 9.17) is 5.73 Å². The Balaban J connectivity index is 1.65. The van der Waals surface area contributed by atoms with Crippen LogP contribution in [-0.4, -0.2) is 49.2 Å². The van der Waals surface area contributed by atoms with E-state index in [1.165, 1.54) is 42.5 Å². The SMILES string of the molecule is C=CC(N1CCC(c2ccc(F)cc2)CC1)S(=O)(=O)CC(=O)c1ccc(C(N)=O)cc1. The summed E-state index contributed by atoms with van der Waals surface area (Å²) in [7, 11) is -3.82. The Kier molecular flexibility index (Phi) is 7.02. The quantitative estimate of drug-likeness (QED) is 0.499. The maximum absolute atomic E-state index is 13.1. The molecule has 1 atom stereocenters. The number of ketones is 1. The van der Waals surface area contributed by atoms with E-state index in [-0.39, 0.29) is 22.9 Å². The Labute approximate surface area is 181 Å². The van der Waals surface area contributed by atoms with E-state index in [0.717, 1.165) is 18.4 Å². The number of halogens is 1. The lowest BCUT2D eigenvalue weighted by Crippen LogP contribution is -2.45. The van der Waals surface area contributed by atoms with Crippen LogP contribution in [0.25, 0.3) is 0 Å². The van der Waals surface area contributed by atoms with Gasteiger partial charge < -0.3 is 5.73 Å². The van der Waals surface area contributed by atoms with Crippen LogP contribution < -0.4 is 5.73 Å². The lowest BCUT2D eigenvalue weighted by atomic mass is 9.89. The molecule has 3 rings (SSSR count). The third-order valence-corrected chi connectivity index (χ3v) is 7.52. The predicted octanol–water partition coefficient (Wildman–Crippen LogP) is 2.91. The summed E-state index contributed by atoms with van der Waals surface area (Å²) in [6.07, 6.45) is 2.82. The first-order valence-electron chi connectivity index (χ1n) is 9.98. The third-order valence-electron chi connectivity index (χ3n) is 5.62. The van der Waals surface area contributed by atoms with Gasteiger partial charge in [-0.15, -0.1) is 6.58 Å². The molecular formula is C23H25FN2O4S. The number of carbonyl (C=O) groups excluding carboxylic acids is 2. The van der Waals surface area contributed by atoms with Gasteiger partial charge in [-0.1, -0.05) is 30.3 Å². The minimum atomic E-state index is -3.82. The topological polar surface area (TPSA) is 97.5 Å². The van der Waals surface area contributed by atoms with Gasteiger partial charge >= 0.3 is 0 Å². The van der Waals surface area contributed by atoms with Crippen molar-refractivity contribution in [2.24, 2.45) is 5.73 Å². The first kappa shape index (κ1) is 22.8. The van der Waals surface area contributed by atoms with Crippen molar-refractivity contribution in [3.63, 3.8) is 0 Å². The number of carbonyl (C=O) groups is 2. The van der Waals surface area contributed by atoms with Crippen molar-refractivity contribution in [1.82, 2.24) is 4.90 Å². The van der Waals surface area contributed by atoms with Gasteiger partial charge in [0.15, 0.2) is 15.6 Å². The number of amides is 1. The summed E-state index contributed by atoms with van der Waals surface area (Å²) in [5, 5.41) is -0.962. The first-order chi connectivity index (χ1) is 14.7. The molecule has 6 nitrogen and oxygen atoms in total. The van der Waals surface area contributed by atoms with Crippen molar-refractivity contribution in [2.75, 3.05) is 18.8 Å². The zero-order valence-corrected chi connectivity index (χ0v) is 17.9. The van der Waals surface area contributed by atoms with E-state index in [2.05, 4.69) is 6.58 Å².